The maximum Gasteiger partial charge on any atom is 0.225 e. The van der Waals surface area contributed by atoms with E-state index in [0.717, 1.165) is 12.4 Å². The van der Waals surface area contributed by atoms with Gasteiger partial charge in [-0.15, -0.1) is 10.2 Å². The van der Waals surface area contributed by atoms with Crippen LogP contribution in [0.15, 0.2) is 0 Å². The van der Waals surface area contributed by atoms with Crippen LogP contribution in [0.3, 0.4) is 0 Å². The number of nitrogens with zero attached hydrogens (tertiary/aromatic N) is 3. The highest BCUT2D eigenvalue weighted by Gasteiger charge is 2.42. The third-order valence-electron chi connectivity index (χ3n) is 3.58. The number of rotatable bonds is 3. The van der Waals surface area contributed by atoms with E-state index in [4.69, 9.17) is 11.6 Å². The van der Waals surface area contributed by atoms with Gasteiger partial charge in [-0.3, -0.25) is 0 Å². The van der Waals surface area contributed by atoms with Gasteiger partial charge >= 0.3 is 0 Å². The van der Waals surface area contributed by atoms with Crippen LogP contribution in [0.2, 0.25) is 5.28 Å². The first-order valence-electron chi connectivity index (χ1n) is 5.97. The summed E-state index contributed by atoms with van der Waals surface area (Å²) in [6, 6.07) is 0. The molecule has 0 spiro atoms. The van der Waals surface area contributed by atoms with Crippen LogP contribution in [0.5, 0.6) is 0 Å². The van der Waals surface area contributed by atoms with Gasteiger partial charge in [0.1, 0.15) is 5.82 Å². The standard InChI is InChI=1S/C12H20ClN3/c1-5-12(6-7-12)8-16-9(11(2,3)4)14-15-10(16)13/h5-8H2,1-4H3. The molecule has 1 aliphatic rings. The predicted octanol–water partition coefficient (Wildman–Crippen LogP) is 3.42. The van der Waals surface area contributed by atoms with Crippen LogP contribution in [0.4, 0.5) is 0 Å². The summed E-state index contributed by atoms with van der Waals surface area (Å²) in [5.41, 5.74) is 0.468. The van der Waals surface area contributed by atoms with Crippen LogP contribution < -0.4 is 0 Å². The van der Waals surface area contributed by atoms with Crippen LogP contribution >= 0.6 is 11.6 Å². The molecule has 1 saturated carbocycles. The van der Waals surface area contributed by atoms with Crippen LogP contribution in [0.1, 0.15) is 52.8 Å². The van der Waals surface area contributed by atoms with Crippen molar-refractivity contribution in [1.82, 2.24) is 14.8 Å². The first kappa shape index (κ1) is 11.9. The summed E-state index contributed by atoms with van der Waals surface area (Å²) in [6.45, 7) is 9.67. The maximum atomic E-state index is 6.13. The Morgan fingerprint density at radius 3 is 2.38 bits per heavy atom. The zero-order chi connectivity index (χ0) is 12.0. The Hall–Kier alpha value is -0.570. The van der Waals surface area contributed by atoms with Crippen LogP contribution in [-0.2, 0) is 12.0 Å². The minimum Gasteiger partial charge on any atom is -0.301 e. The molecule has 0 N–H and O–H groups in total. The third kappa shape index (κ3) is 2.10. The van der Waals surface area contributed by atoms with Crippen LogP contribution in [0.25, 0.3) is 0 Å². The Labute approximate surface area is 102 Å². The van der Waals surface area contributed by atoms with Crippen molar-refractivity contribution in [1.29, 1.82) is 0 Å². The fourth-order valence-corrected chi connectivity index (χ4v) is 2.29. The van der Waals surface area contributed by atoms with Gasteiger partial charge in [-0.2, -0.15) is 0 Å². The molecule has 1 aliphatic carbocycles. The van der Waals surface area contributed by atoms with E-state index in [2.05, 4.69) is 42.5 Å². The Kier molecular flexibility index (Phi) is 2.77. The lowest BCUT2D eigenvalue weighted by atomic mass is 9.95. The molecule has 0 saturated heterocycles. The van der Waals surface area contributed by atoms with E-state index >= 15 is 0 Å². The van der Waals surface area contributed by atoms with E-state index in [-0.39, 0.29) is 5.41 Å². The largest absolute Gasteiger partial charge is 0.301 e. The minimum atomic E-state index is 0.00393. The van der Waals surface area contributed by atoms with Crippen molar-refractivity contribution in [3.63, 3.8) is 0 Å². The van der Waals surface area contributed by atoms with Gasteiger partial charge in [0.25, 0.3) is 0 Å². The van der Waals surface area contributed by atoms with Crippen LogP contribution in [0, 0.1) is 5.41 Å². The minimum absolute atomic E-state index is 0.00393. The van der Waals surface area contributed by atoms with E-state index in [1.165, 1.54) is 19.3 Å². The highest BCUT2D eigenvalue weighted by atomic mass is 35.5. The molecule has 1 aromatic rings. The lowest BCUT2D eigenvalue weighted by Crippen LogP contribution is -2.22. The molecular weight excluding hydrogens is 222 g/mol. The average molecular weight is 242 g/mol. The van der Waals surface area contributed by atoms with Gasteiger partial charge in [0.15, 0.2) is 0 Å². The average Bonchev–Trinajstić information content (AvgIpc) is 2.86. The Morgan fingerprint density at radius 1 is 1.31 bits per heavy atom. The fraction of sp³-hybridized carbons (Fsp3) is 0.833. The molecule has 2 rings (SSSR count). The Morgan fingerprint density at radius 2 is 1.94 bits per heavy atom. The summed E-state index contributed by atoms with van der Waals surface area (Å²) in [6.07, 6.45) is 3.83. The number of halogens is 1. The Bertz CT molecular complexity index is 385. The van der Waals surface area contributed by atoms with E-state index in [1.807, 2.05) is 0 Å². The number of hydrogen-bond donors (Lipinski definition) is 0. The maximum absolute atomic E-state index is 6.13. The first-order chi connectivity index (χ1) is 7.38. The topological polar surface area (TPSA) is 30.7 Å². The summed E-state index contributed by atoms with van der Waals surface area (Å²) in [5.74, 6) is 0.997. The van der Waals surface area contributed by atoms with Crippen molar-refractivity contribution in [2.24, 2.45) is 5.41 Å². The monoisotopic (exact) mass is 241 g/mol. The molecule has 0 unspecified atom stereocenters. The highest BCUT2D eigenvalue weighted by Crippen LogP contribution is 2.50. The smallest absolute Gasteiger partial charge is 0.225 e. The van der Waals surface area contributed by atoms with E-state index in [9.17, 15) is 0 Å². The van der Waals surface area contributed by atoms with Gasteiger partial charge in [-0.05, 0) is 36.3 Å². The molecule has 1 aromatic heterocycles. The van der Waals surface area contributed by atoms with E-state index in [0.29, 0.717) is 10.7 Å². The molecule has 0 radical (unpaired) electrons. The number of hydrogen-bond acceptors (Lipinski definition) is 2. The van der Waals surface area contributed by atoms with Crippen LogP contribution in [-0.4, -0.2) is 14.8 Å². The van der Waals surface area contributed by atoms with E-state index < -0.39 is 0 Å². The molecule has 1 heterocycles. The molecule has 0 bridgehead atoms. The lowest BCUT2D eigenvalue weighted by Gasteiger charge is -2.22. The summed E-state index contributed by atoms with van der Waals surface area (Å²) in [4.78, 5) is 0. The molecule has 0 amide bonds. The summed E-state index contributed by atoms with van der Waals surface area (Å²) in [5, 5.41) is 8.75. The van der Waals surface area contributed by atoms with Crippen molar-refractivity contribution in [3.05, 3.63) is 11.1 Å². The van der Waals surface area contributed by atoms with Crippen molar-refractivity contribution in [3.8, 4) is 0 Å². The molecule has 1 fully saturated rings. The second-order valence-electron chi connectivity index (χ2n) is 5.98. The van der Waals surface area contributed by atoms with Gasteiger partial charge in [0.2, 0.25) is 5.28 Å². The molecule has 16 heavy (non-hydrogen) atoms. The van der Waals surface area contributed by atoms with Crippen molar-refractivity contribution < 1.29 is 0 Å². The second kappa shape index (κ2) is 3.73. The third-order valence-corrected chi connectivity index (χ3v) is 3.86. The van der Waals surface area contributed by atoms with Crippen molar-refractivity contribution in [2.45, 2.75) is 58.9 Å². The van der Waals surface area contributed by atoms with Gasteiger partial charge < -0.3 is 4.57 Å². The molecule has 3 nitrogen and oxygen atoms in total. The molecule has 4 heteroatoms. The van der Waals surface area contributed by atoms with Gasteiger partial charge in [0.05, 0.1) is 0 Å². The Balaban J connectivity index is 2.29. The molecule has 0 atom stereocenters. The normalized spacial score (nSPS) is 18.8. The summed E-state index contributed by atoms with van der Waals surface area (Å²) >= 11 is 6.13. The quantitative estimate of drug-likeness (QED) is 0.812. The fourth-order valence-electron chi connectivity index (χ4n) is 2.11. The number of aromatic nitrogens is 3. The van der Waals surface area contributed by atoms with Gasteiger partial charge in [-0.25, -0.2) is 0 Å². The first-order valence-corrected chi connectivity index (χ1v) is 6.35. The van der Waals surface area contributed by atoms with Crippen molar-refractivity contribution >= 4 is 11.6 Å². The summed E-state index contributed by atoms with van der Waals surface area (Å²) < 4.78 is 2.10. The summed E-state index contributed by atoms with van der Waals surface area (Å²) in [7, 11) is 0. The van der Waals surface area contributed by atoms with E-state index in [1.54, 1.807) is 0 Å². The molecule has 0 aliphatic heterocycles. The van der Waals surface area contributed by atoms with Crippen molar-refractivity contribution in [2.75, 3.05) is 0 Å². The second-order valence-corrected chi connectivity index (χ2v) is 6.32. The molecule has 0 aromatic carbocycles. The highest BCUT2D eigenvalue weighted by molar-refractivity contribution is 6.28. The molecule has 90 valence electrons. The zero-order valence-electron chi connectivity index (χ0n) is 10.5. The zero-order valence-corrected chi connectivity index (χ0v) is 11.3. The van der Waals surface area contributed by atoms with Gasteiger partial charge in [0, 0.05) is 12.0 Å². The SMILES string of the molecule is CCC1(Cn2c(Cl)nnc2C(C)(C)C)CC1. The lowest BCUT2D eigenvalue weighted by molar-refractivity contribution is 0.381. The van der Waals surface area contributed by atoms with Gasteiger partial charge in [-0.1, -0.05) is 27.7 Å². The molecular formula is C12H20ClN3. The predicted molar refractivity (Wildman–Crippen MR) is 65.7 cm³/mol.